The summed E-state index contributed by atoms with van der Waals surface area (Å²) in [5.41, 5.74) is 2.89. The Hall–Kier alpha value is -2.95. The lowest BCUT2D eigenvalue weighted by Gasteiger charge is -2.17. The third kappa shape index (κ3) is 7.85. The van der Waals surface area contributed by atoms with Crippen LogP contribution in [0.2, 0.25) is 0 Å². The summed E-state index contributed by atoms with van der Waals surface area (Å²) in [7, 11) is -2.47. The van der Waals surface area contributed by atoms with Gasteiger partial charge in [-0.2, -0.15) is 13.6 Å². The molecule has 3 aromatic rings. The van der Waals surface area contributed by atoms with E-state index < -0.39 is 10.3 Å². The van der Waals surface area contributed by atoms with Crippen LogP contribution in [0.1, 0.15) is 41.2 Å². The molecule has 1 heterocycles. The first-order chi connectivity index (χ1) is 15.8. The van der Waals surface area contributed by atoms with Crippen molar-refractivity contribution in [1.29, 1.82) is 0 Å². The molecule has 1 amide bonds. The van der Waals surface area contributed by atoms with E-state index in [1.165, 1.54) is 23.5 Å². The number of benzene rings is 2. The number of nitrogens with zero attached hydrogens (tertiary/aromatic N) is 1. The molecule has 1 atom stereocenters. The number of hydrogen-bond donors (Lipinski definition) is 2. The van der Waals surface area contributed by atoms with Gasteiger partial charge in [0, 0.05) is 11.8 Å². The highest BCUT2D eigenvalue weighted by molar-refractivity contribution is 7.84. The number of carbonyl (C=O) groups is 1. The molecule has 0 radical (unpaired) electrons. The number of amides is 1. The Morgan fingerprint density at radius 2 is 1.91 bits per heavy atom. The Morgan fingerprint density at radius 1 is 1.15 bits per heavy atom. The van der Waals surface area contributed by atoms with Gasteiger partial charge in [0.05, 0.1) is 18.8 Å². The van der Waals surface area contributed by atoms with Crippen LogP contribution < -0.4 is 19.4 Å². The van der Waals surface area contributed by atoms with E-state index >= 15 is 0 Å². The van der Waals surface area contributed by atoms with Crippen LogP contribution >= 0.6 is 11.3 Å². The van der Waals surface area contributed by atoms with Gasteiger partial charge < -0.3 is 14.2 Å². The molecule has 0 aliphatic carbocycles. The second-order valence-corrected chi connectivity index (χ2v) is 9.47. The first-order valence-corrected chi connectivity index (χ1v) is 12.8. The molecule has 0 saturated heterocycles. The molecule has 8 nitrogen and oxygen atoms in total. The Bertz CT molecular complexity index is 1180. The maximum Gasteiger partial charge on any atom is 0.380 e. The van der Waals surface area contributed by atoms with Crippen molar-refractivity contribution in [2.75, 3.05) is 7.11 Å². The summed E-state index contributed by atoms with van der Waals surface area (Å²) in [6, 6.07) is 13.9. The van der Waals surface area contributed by atoms with E-state index in [2.05, 4.69) is 14.5 Å². The molecule has 0 fully saturated rings. The van der Waals surface area contributed by atoms with Crippen molar-refractivity contribution in [2.45, 2.75) is 38.6 Å². The van der Waals surface area contributed by atoms with Gasteiger partial charge in [-0.3, -0.25) is 4.79 Å². The number of aryl methyl sites for hydroxylation is 2. The maximum absolute atomic E-state index is 12.8. The van der Waals surface area contributed by atoms with Crippen LogP contribution in [0.4, 0.5) is 0 Å². The molecule has 1 aromatic heterocycles. The minimum atomic E-state index is -4.08. The summed E-state index contributed by atoms with van der Waals surface area (Å²) in [6.45, 7) is 2.03. The van der Waals surface area contributed by atoms with Crippen LogP contribution in [0.3, 0.4) is 0 Å². The normalized spacial score (nSPS) is 12.2. The highest BCUT2D eigenvalue weighted by Gasteiger charge is 2.19. The third-order valence-corrected chi connectivity index (χ3v) is 6.35. The molecule has 176 valence electrons. The van der Waals surface area contributed by atoms with Gasteiger partial charge in [0.2, 0.25) is 5.91 Å². The summed E-state index contributed by atoms with van der Waals surface area (Å²) in [6.07, 6.45) is 2.23. The van der Waals surface area contributed by atoms with Crippen molar-refractivity contribution >= 4 is 27.5 Å². The summed E-state index contributed by atoms with van der Waals surface area (Å²) < 4.78 is 32.1. The van der Waals surface area contributed by atoms with Gasteiger partial charge in [-0.15, -0.1) is 11.3 Å². The molecule has 3 rings (SSSR count). The molecule has 10 heteroatoms. The fourth-order valence-electron chi connectivity index (χ4n) is 3.25. The fourth-order valence-corrected chi connectivity index (χ4v) is 4.58. The summed E-state index contributed by atoms with van der Waals surface area (Å²) in [5.74, 6) is 0.809. The van der Waals surface area contributed by atoms with Gasteiger partial charge in [0.25, 0.3) is 0 Å². The van der Waals surface area contributed by atoms with E-state index in [0.29, 0.717) is 19.3 Å². The molecular formula is C23H27N3O5S2. The van der Waals surface area contributed by atoms with Crippen molar-refractivity contribution < 1.29 is 22.1 Å². The van der Waals surface area contributed by atoms with Gasteiger partial charge in [-0.25, -0.2) is 4.98 Å². The lowest BCUT2D eigenvalue weighted by atomic mass is 10.0. The zero-order valence-corrected chi connectivity index (χ0v) is 20.1. The van der Waals surface area contributed by atoms with E-state index in [-0.39, 0.29) is 17.7 Å². The first kappa shape index (κ1) is 24.7. The van der Waals surface area contributed by atoms with Crippen molar-refractivity contribution in [3.63, 3.8) is 0 Å². The molecule has 0 spiro atoms. The van der Waals surface area contributed by atoms with Crippen LogP contribution in [0, 0.1) is 0 Å². The zero-order valence-electron chi connectivity index (χ0n) is 18.5. The standard InChI is InChI=1S/C23H27N3O5S2/c1-3-18-15-32-23(25-18)21(14-17-7-10-19(11-8-17)31-33(24,28)29)26-22(27)12-9-16-5-4-6-20(13-16)30-2/h4-8,10-11,13,15,21H,3,9,12,14H2,1-2H3,(H,26,27)(H2,24,28,29). The summed E-state index contributed by atoms with van der Waals surface area (Å²) in [4.78, 5) is 17.4. The highest BCUT2D eigenvalue weighted by Crippen LogP contribution is 2.24. The van der Waals surface area contributed by atoms with Crippen molar-refractivity contribution in [2.24, 2.45) is 5.14 Å². The smallest absolute Gasteiger partial charge is 0.380 e. The average molecular weight is 490 g/mol. The number of thiazole rings is 1. The number of methoxy groups -OCH3 is 1. The molecule has 0 aliphatic rings. The Balaban J connectivity index is 1.69. The Kier molecular flexibility index (Phi) is 8.43. The number of carbonyl (C=O) groups excluding carboxylic acids is 1. The predicted molar refractivity (Wildman–Crippen MR) is 128 cm³/mol. The van der Waals surface area contributed by atoms with Crippen LogP contribution in [0.25, 0.3) is 0 Å². The van der Waals surface area contributed by atoms with Crippen LogP contribution in [0.15, 0.2) is 53.9 Å². The van der Waals surface area contributed by atoms with E-state index in [0.717, 1.165) is 34.0 Å². The molecular weight excluding hydrogens is 462 g/mol. The lowest BCUT2D eigenvalue weighted by molar-refractivity contribution is -0.121. The van der Waals surface area contributed by atoms with Gasteiger partial charge >= 0.3 is 10.3 Å². The number of aromatic nitrogens is 1. The summed E-state index contributed by atoms with van der Waals surface area (Å²) >= 11 is 1.51. The van der Waals surface area contributed by atoms with E-state index in [4.69, 9.17) is 9.88 Å². The number of nitrogens with one attached hydrogen (secondary N) is 1. The zero-order chi connectivity index (χ0) is 23.8. The van der Waals surface area contributed by atoms with E-state index in [1.54, 1.807) is 19.2 Å². The predicted octanol–water partition coefficient (Wildman–Crippen LogP) is 3.33. The molecule has 0 saturated carbocycles. The number of rotatable bonds is 11. The second kappa shape index (κ2) is 11.3. The second-order valence-electron chi connectivity index (χ2n) is 7.43. The average Bonchev–Trinajstić information content (AvgIpc) is 3.27. The van der Waals surface area contributed by atoms with Gasteiger partial charge in [-0.05, 0) is 54.7 Å². The van der Waals surface area contributed by atoms with Gasteiger partial charge in [0.15, 0.2) is 0 Å². The van der Waals surface area contributed by atoms with Crippen molar-refractivity contribution in [3.05, 3.63) is 75.7 Å². The molecule has 0 aliphatic heterocycles. The number of hydrogen-bond acceptors (Lipinski definition) is 7. The molecule has 0 bridgehead atoms. The maximum atomic E-state index is 12.8. The molecule has 1 unspecified atom stereocenters. The lowest BCUT2D eigenvalue weighted by Crippen LogP contribution is -2.30. The topological polar surface area (TPSA) is 121 Å². The Morgan fingerprint density at radius 3 is 2.55 bits per heavy atom. The quantitative estimate of drug-likeness (QED) is 0.426. The third-order valence-electron chi connectivity index (χ3n) is 4.92. The minimum absolute atomic E-state index is 0.0785. The monoisotopic (exact) mass is 489 g/mol. The van der Waals surface area contributed by atoms with Gasteiger partial charge in [0.1, 0.15) is 16.5 Å². The van der Waals surface area contributed by atoms with E-state index in [1.807, 2.05) is 36.6 Å². The fraction of sp³-hybridized carbons (Fsp3) is 0.304. The summed E-state index contributed by atoms with van der Waals surface area (Å²) in [5, 5.41) is 10.8. The van der Waals surface area contributed by atoms with Crippen LogP contribution in [0.5, 0.6) is 11.5 Å². The number of nitrogens with two attached hydrogens (primary N) is 1. The van der Waals surface area contributed by atoms with E-state index in [9.17, 15) is 13.2 Å². The van der Waals surface area contributed by atoms with Crippen LogP contribution in [-0.2, 0) is 34.4 Å². The first-order valence-electron chi connectivity index (χ1n) is 10.4. The van der Waals surface area contributed by atoms with Crippen LogP contribution in [-0.4, -0.2) is 26.4 Å². The molecule has 3 N–H and O–H groups in total. The van der Waals surface area contributed by atoms with Crippen molar-refractivity contribution in [1.82, 2.24) is 10.3 Å². The number of ether oxygens (including phenoxy) is 1. The highest BCUT2D eigenvalue weighted by atomic mass is 32.2. The Labute approximate surface area is 198 Å². The largest absolute Gasteiger partial charge is 0.497 e. The van der Waals surface area contributed by atoms with Gasteiger partial charge in [-0.1, -0.05) is 31.2 Å². The molecule has 2 aromatic carbocycles. The van der Waals surface area contributed by atoms with Crippen molar-refractivity contribution in [3.8, 4) is 11.5 Å². The molecule has 33 heavy (non-hydrogen) atoms. The minimum Gasteiger partial charge on any atom is -0.497 e. The SMILES string of the molecule is CCc1csc(C(Cc2ccc(OS(N)(=O)=O)cc2)NC(=O)CCc2cccc(OC)c2)n1.